The molecule has 7 heteroatoms. The molecule has 0 aliphatic carbocycles. The summed E-state index contributed by atoms with van der Waals surface area (Å²) >= 11 is 1.49. The van der Waals surface area contributed by atoms with Crippen molar-refractivity contribution < 1.29 is 14.3 Å². The summed E-state index contributed by atoms with van der Waals surface area (Å²) in [6.07, 6.45) is 1.59. The number of aliphatic imine (C=N–C) groups is 1. The summed E-state index contributed by atoms with van der Waals surface area (Å²) in [5, 5.41) is 5.77. The van der Waals surface area contributed by atoms with Crippen LogP contribution in [0.3, 0.4) is 0 Å². The molecule has 0 saturated heterocycles. The summed E-state index contributed by atoms with van der Waals surface area (Å²) in [6, 6.07) is 17.8. The smallest absolute Gasteiger partial charge is 0.338 e. The molecule has 4 rings (SSSR count). The van der Waals surface area contributed by atoms with Crippen LogP contribution in [0.1, 0.15) is 42.5 Å². The van der Waals surface area contributed by atoms with Crippen molar-refractivity contribution in [1.29, 1.82) is 0 Å². The van der Waals surface area contributed by atoms with Crippen LogP contribution in [0.2, 0.25) is 0 Å². The van der Waals surface area contributed by atoms with E-state index in [9.17, 15) is 9.59 Å². The summed E-state index contributed by atoms with van der Waals surface area (Å²) in [4.78, 5) is 32.5. The maximum Gasteiger partial charge on any atom is 0.338 e. The molecule has 176 valence electrons. The standard InChI is InChI=1S/C27H29N3O3S/c1-4-22-24(26(32)33-3)25(20-12-8-9-18(2)15-20)30-21(17-34-27(30)29-22)16-23(31)28-14-13-19-10-6-5-7-11-19/h5-12,15,17,25H,4,13-14,16H2,1-3H3,(H,28,31)/t25-/m1/s1. The molecule has 0 bridgehead atoms. The molecule has 34 heavy (non-hydrogen) atoms. The number of esters is 1. The van der Waals surface area contributed by atoms with Gasteiger partial charge in [0.15, 0.2) is 5.17 Å². The van der Waals surface area contributed by atoms with E-state index in [0.717, 1.165) is 34.1 Å². The van der Waals surface area contributed by atoms with E-state index < -0.39 is 12.0 Å². The molecule has 1 atom stereocenters. The van der Waals surface area contributed by atoms with Crippen LogP contribution >= 0.6 is 11.8 Å². The Labute approximate surface area is 204 Å². The van der Waals surface area contributed by atoms with Crippen LogP contribution in [0.25, 0.3) is 0 Å². The Morgan fingerprint density at radius 2 is 1.94 bits per heavy atom. The van der Waals surface area contributed by atoms with Crippen LogP contribution in [0.4, 0.5) is 0 Å². The number of benzene rings is 2. The molecule has 2 aliphatic heterocycles. The second-order valence-electron chi connectivity index (χ2n) is 8.28. The number of hydrogen-bond donors (Lipinski definition) is 1. The first-order valence-electron chi connectivity index (χ1n) is 11.4. The van der Waals surface area contributed by atoms with Crippen molar-refractivity contribution in [2.24, 2.45) is 4.99 Å². The van der Waals surface area contributed by atoms with Gasteiger partial charge >= 0.3 is 5.97 Å². The van der Waals surface area contributed by atoms with Gasteiger partial charge in [0, 0.05) is 12.2 Å². The van der Waals surface area contributed by atoms with Crippen molar-refractivity contribution in [3.63, 3.8) is 0 Å². The van der Waals surface area contributed by atoms with Gasteiger partial charge in [0.25, 0.3) is 0 Å². The SMILES string of the molecule is CCC1=C(C(=O)OC)[C@@H](c2cccc(C)c2)N2C(CC(=O)NCCc3ccccc3)=CSC2=N1. The zero-order valence-corrected chi connectivity index (χ0v) is 20.5. The number of amides is 1. The number of hydrogen-bond acceptors (Lipinski definition) is 6. The first kappa shape index (κ1) is 23.8. The minimum atomic E-state index is -0.395. The van der Waals surface area contributed by atoms with E-state index in [1.54, 1.807) is 0 Å². The molecule has 2 aromatic carbocycles. The van der Waals surface area contributed by atoms with E-state index in [2.05, 4.69) is 23.5 Å². The van der Waals surface area contributed by atoms with E-state index in [4.69, 9.17) is 9.73 Å². The van der Waals surface area contributed by atoms with Crippen molar-refractivity contribution in [2.45, 2.75) is 39.2 Å². The molecule has 0 saturated carbocycles. The Bertz CT molecular complexity index is 1170. The second-order valence-corrected chi connectivity index (χ2v) is 9.11. The monoisotopic (exact) mass is 475 g/mol. The zero-order chi connectivity index (χ0) is 24.1. The van der Waals surface area contributed by atoms with Crippen LogP contribution in [0.5, 0.6) is 0 Å². The normalized spacial score (nSPS) is 17.1. The largest absolute Gasteiger partial charge is 0.466 e. The number of carbonyl (C=O) groups is 2. The number of aryl methyl sites for hydroxylation is 1. The molecule has 1 N–H and O–H groups in total. The van der Waals surface area contributed by atoms with Crippen LogP contribution < -0.4 is 5.32 Å². The van der Waals surface area contributed by atoms with Crippen molar-refractivity contribution in [3.05, 3.63) is 93.7 Å². The molecule has 0 unspecified atom stereocenters. The molecule has 2 aromatic rings. The van der Waals surface area contributed by atoms with E-state index in [0.29, 0.717) is 18.5 Å². The molecule has 6 nitrogen and oxygen atoms in total. The molecule has 0 aromatic heterocycles. The Hall–Kier alpha value is -3.32. The first-order valence-corrected chi connectivity index (χ1v) is 12.3. The molecule has 2 aliphatic rings. The summed E-state index contributed by atoms with van der Waals surface area (Å²) in [5.74, 6) is -0.452. The van der Waals surface area contributed by atoms with Crippen molar-refractivity contribution in [3.8, 4) is 0 Å². The van der Waals surface area contributed by atoms with Gasteiger partial charge in [-0.05, 0) is 36.3 Å². The van der Waals surface area contributed by atoms with Gasteiger partial charge in [-0.25, -0.2) is 9.79 Å². The van der Waals surface area contributed by atoms with Crippen LogP contribution in [-0.4, -0.2) is 35.6 Å². The molecule has 0 radical (unpaired) electrons. The van der Waals surface area contributed by atoms with Crippen molar-refractivity contribution >= 4 is 28.8 Å². The highest BCUT2D eigenvalue weighted by Crippen LogP contribution is 2.45. The number of ether oxygens (including phenoxy) is 1. The Balaban J connectivity index is 1.57. The van der Waals surface area contributed by atoms with Crippen LogP contribution in [0, 0.1) is 6.92 Å². The third kappa shape index (κ3) is 5.09. The Kier molecular flexibility index (Phi) is 7.53. The highest BCUT2D eigenvalue weighted by molar-refractivity contribution is 8.16. The van der Waals surface area contributed by atoms with E-state index in [-0.39, 0.29) is 12.3 Å². The number of amidine groups is 1. The fourth-order valence-corrected chi connectivity index (χ4v) is 5.22. The fourth-order valence-electron chi connectivity index (χ4n) is 4.29. The van der Waals surface area contributed by atoms with Gasteiger partial charge in [0.2, 0.25) is 5.91 Å². The lowest BCUT2D eigenvalue weighted by Crippen LogP contribution is -2.38. The Morgan fingerprint density at radius 3 is 2.65 bits per heavy atom. The first-order chi connectivity index (χ1) is 16.5. The number of allylic oxidation sites excluding steroid dienone is 1. The molecule has 0 spiro atoms. The van der Waals surface area contributed by atoms with Gasteiger partial charge in [-0.3, -0.25) is 4.79 Å². The average molecular weight is 476 g/mol. The van der Waals surface area contributed by atoms with Crippen molar-refractivity contribution in [2.75, 3.05) is 13.7 Å². The second kappa shape index (κ2) is 10.7. The number of carbonyl (C=O) groups excluding carboxylic acids is 2. The average Bonchev–Trinajstić information content (AvgIpc) is 3.25. The van der Waals surface area contributed by atoms with E-state index in [1.165, 1.54) is 24.4 Å². The predicted molar refractivity (Wildman–Crippen MR) is 136 cm³/mol. The number of fused-ring (bicyclic) bond motifs is 1. The number of nitrogens with zero attached hydrogens (tertiary/aromatic N) is 2. The van der Waals surface area contributed by atoms with Gasteiger partial charge in [-0.15, -0.1) is 0 Å². The zero-order valence-electron chi connectivity index (χ0n) is 19.7. The predicted octanol–water partition coefficient (Wildman–Crippen LogP) is 4.88. The summed E-state index contributed by atoms with van der Waals surface area (Å²) in [6.45, 7) is 4.58. The minimum absolute atomic E-state index is 0.0584. The maximum absolute atomic E-state index is 12.9. The summed E-state index contributed by atoms with van der Waals surface area (Å²) < 4.78 is 5.17. The van der Waals surface area contributed by atoms with Gasteiger partial charge in [0.05, 0.1) is 30.8 Å². The molecular formula is C27H29N3O3S. The summed E-state index contributed by atoms with van der Waals surface area (Å²) in [5.41, 5.74) is 5.32. The number of methoxy groups -OCH3 is 1. The molecule has 1 amide bonds. The van der Waals surface area contributed by atoms with Gasteiger partial charge in [-0.1, -0.05) is 78.8 Å². The lowest BCUT2D eigenvalue weighted by Gasteiger charge is -2.36. The van der Waals surface area contributed by atoms with E-state index in [1.807, 2.05) is 60.6 Å². The van der Waals surface area contributed by atoms with Crippen LogP contribution in [0.15, 0.2) is 82.0 Å². The highest BCUT2D eigenvalue weighted by atomic mass is 32.2. The number of rotatable bonds is 8. The van der Waals surface area contributed by atoms with Gasteiger partial charge in [-0.2, -0.15) is 0 Å². The van der Waals surface area contributed by atoms with Gasteiger partial charge < -0.3 is 15.0 Å². The molecular weight excluding hydrogens is 446 g/mol. The van der Waals surface area contributed by atoms with Crippen LogP contribution in [-0.2, 0) is 20.7 Å². The lowest BCUT2D eigenvalue weighted by atomic mass is 9.92. The quantitative estimate of drug-likeness (QED) is 0.551. The third-order valence-corrected chi connectivity index (χ3v) is 6.80. The molecule has 0 fully saturated rings. The fraction of sp³-hybridized carbons (Fsp3) is 0.296. The highest BCUT2D eigenvalue weighted by Gasteiger charge is 2.41. The topological polar surface area (TPSA) is 71.0 Å². The van der Waals surface area contributed by atoms with E-state index >= 15 is 0 Å². The Morgan fingerprint density at radius 1 is 1.15 bits per heavy atom. The summed E-state index contributed by atoms with van der Waals surface area (Å²) in [7, 11) is 1.39. The molecule has 2 heterocycles. The van der Waals surface area contributed by atoms with Crippen molar-refractivity contribution in [1.82, 2.24) is 10.2 Å². The number of thioether (sulfide) groups is 1. The third-order valence-electron chi connectivity index (χ3n) is 5.91. The lowest BCUT2D eigenvalue weighted by molar-refractivity contribution is -0.136. The minimum Gasteiger partial charge on any atom is -0.466 e. The van der Waals surface area contributed by atoms with Gasteiger partial charge in [0.1, 0.15) is 0 Å². The maximum atomic E-state index is 12.9. The number of nitrogens with one attached hydrogen (secondary N) is 1.